The summed E-state index contributed by atoms with van der Waals surface area (Å²) in [7, 11) is 0. The van der Waals surface area contributed by atoms with Crippen LogP contribution in [0.4, 0.5) is 0 Å². The third-order valence-electron chi connectivity index (χ3n) is 4.46. The quantitative estimate of drug-likeness (QED) is 0.441. The smallest absolute Gasteiger partial charge is 0.193 e. The van der Waals surface area contributed by atoms with Gasteiger partial charge < -0.3 is 4.57 Å². The number of ketones is 1. The zero-order chi connectivity index (χ0) is 16.7. The summed E-state index contributed by atoms with van der Waals surface area (Å²) in [4.78, 5) is 12.8. The summed E-state index contributed by atoms with van der Waals surface area (Å²) < 4.78 is 2.28. The number of rotatable bonds is 3. The Kier molecular flexibility index (Phi) is 3.62. The maximum absolute atomic E-state index is 12.8. The number of para-hydroxylation sites is 1. The zero-order valence-electron chi connectivity index (χ0n) is 13.3. The van der Waals surface area contributed by atoms with Crippen molar-refractivity contribution in [3.63, 3.8) is 0 Å². The van der Waals surface area contributed by atoms with Gasteiger partial charge in [-0.15, -0.1) is 0 Å². The van der Waals surface area contributed by atoms with Crippen LogP contribution in [-0.2, 0) is 6.54 Å². The zero-order valence-corrected chi connectivity index (χ0v) is 14.0. The highest BCUT2D eigenvalue weighted by Crippen LogP contribution is 2.30. The number of hydrogen-bond donors (Lipinski definition) is 0. The van der Waals surface area contributed by atoms with Crippen molar-refractivity contribution < 1.29 is 4.79 Å². The summed E-state index contributed by atoms with van der Waals surface area (Å²) in [5.41, 5.74) is 3.71. The minimum Gasteiger partial charge on any atom is -0.341 e. The lowest BCUT2D eigenvalue weighted by Crippen LogP contribution is -2.01. The van der Waals surface area contributed by atoms with Crippen LogP contribution in [0.15, 0.2) is 66.7 Å². The van der Waals surface area contributed by atoms with Crippen LogP contribution in [0.2, 0.25) is 5.02 Å². The topological polar surface area (TPSA) is 22.0 Å². The predicted octanol–water partition coefficient (Wildman–Crippen LogP) is 5.70. The highest BCUT2D eigenvalue weighted by Gasteiger charge is 2.14. The summed E-state index contributed by atoms with van der Waals surface area (Å²) in [5.74, 6) is 0.0156. The van der Waals surface area contributed by atoms with E-state index >= 15 is 0 Å². The molecule has 0 aliphatic rings. The Morgan fingerprint density at radius 1 is 0.875 bits per heavy atom. The monoisotopic (exact) mass is 333 g/mol. The lowest BCUT2D eigenvalue weighted by Gasteiger charge is -2.04. The molecule has 3 heteroatoms. The van der Waals surface area contributed by atoms with Crippen LogP contribution >= 0.6 is 11.6 Å². The van der Waals surface area contributed by atoms with Gasteiger partial charge in [0.25, 0.3) is 0 Å². The van der Waals surface area contributed by atoms with Crippen LogP contribution in [-0.4, -0.2) is 10.4 Å². The fourth-order valence-corrected chi connectivity index (χ4v) is 3.43. The van der Waals surface area contributed by atoms with Gasteiger partial charge in [-0.1, -0.05) is 29.8 Å². The number of halogens is 1. The first-order valence-electron chi connectivity index (χ1n) is 8.00. The molecule has 1 heterocycles. The van der Waals surface area contributed by atoms with Crippen molar-refractivity contribution in [3.05, 3.63) is 82.9 Å². The molecule has 3 aromatic carbocycles. The fourth-order valence-electron chi connectivity index (χ4n) is 3.30. The van der Waals surface area contributed by atoms with E-state index in [4.69, 9.17) is 11.6 Å². The number of benzene rings is 3. The molecule has 24 heavy (non-hydrogen) atoms. The van der Waals surface area contributed by atoms with E-state index in [2.05, 4.69) is 23.6 Å². The van der Waals surface area contributed by atoms with E-state index in [0.29, 0.717) is 16.1 Å². The molecule has 1 aromatic heterocycles. The molecule has 0 saturated carbocycles. The molecule has 0 unspecified atom stereocenters. The first-order valence-corrected chi connectivity index (χ1v) is 8.38. The summed E-state index contributed by atoms with van der Waals surface area (Å²) in [6, 6.07) is 21.3. The minimum atomic E-state index is 0.0156. The van der Waals surface area contributed by atoms with Crippen molar-refractivity contribution in [3.8, 4) is 0 Å². The molecule has 0 atom stereocenters. The van der Waals surface area contributed by atoms with E-state index < -0.39 is 0 Å². The van der Waals surface area contributed by atoms with Gasteiger partial charge in [0.1, 0.15) is 0 Å². The van der Waals surface area contributed by atoms with E-state index in [1.807, 2.05) is 30.3 Å². The normalized spacial score (nSPS) is 11.2. The van der Waals surface area contributed by atoms with Crippen LogP contribution in [0, 0.1) is 0 Å². The number of carbonyl (C=O) groups excluding carboxylic acids is 1. The van der Waals surface area contributed by atoms with Gasteiger partial charge in [0.2, 0.25) is 0 Å². The average molecular weight is 334 g/mol. The summed E-state index contributed by atoms with van der Waals surface area (Å²) in [6.07, 6.45) is 0. The maximum Gasteiger partial charge on any atom is 0.193 e. The number of carbonyl (C=O) groups is 1. The molecule has 118 valence electrons. The lowest BCUT2D eigenvalue weighted by atomic mass is 10.0. The standard InChI is InChI=1S/C21H16ClNO/c1-2-23-19-6-4-3-5-17(19)18-13-15(9-12-20(18)23)21(24)14-7-10-16(22)11-8-14/h3-13H,2H2,1H3. The van der Waals surface area contributed by atoms with E-state index in [1.54, 1.807) is 24.3 Å². The summed E-state index contributed by atoms with van der Waals surface area (Å²) in [5, 5.41) is 2.93. The Morgan fingerprint density at radius 3 is 2.29 bits per heavy atom. The molecular weight excluding hydrogens is 318 g/mol. The predicted molar refractivity (Wildman–Crippen MR) is 100 cm³/mol. The van der Waals surface area contributed by atoms with Gasteiger partial charge in [0.05, 0.1) is 0 Å². The number of aromatic nitrogens is 1. The van der Waals surface area contributed by atoms with Crippen molar-refractivity contribution in [2.75, 3.05) is 0 Å². The van der Waals surface area contributed by atoms with Crippen molar-refractivity contribution in [2.24, 2.45) is 0 Å². The van der Waals surface area contributed by atoms with Crippen molar-refractivity contribution >= 4 is 39.2 Å². The Bertz CT molecular complexity index is 1060. The molecule has 0 bridgehead atoms. The Hall–Kier alpha value is -2.58. The molecule has 0 amide bonds. The van der Waals surface area contributed by atoms with Crippen LogP contribution in [0.25, 0.3) is 21.8 Å². The molecule has 0 radical (unpaired) electrons. The Labute approximate surface area is 145 Å². The molecule has 0 N–H and O–H groups in total. The molecule has 2 nitrogen and oxygen atoms in total. The largest absolute Gasteiger partial charge is 0.341 e. The van der Waals surface area contributed by atoms with Crippen LogP contribution < -0.4 is 0 Å². The molecular formula is C21H16ClNO. The summed E-state index contributed by atoms with van der Waals surface area (Å²) in [6.45, 7) is 3.03. The van der Waals surface area contributed by atoms with Crippen LogP contribution in [0.3, 0.4) is 0 Å². The molecule has 4 aromatic rings. The van der Waals surface area contributed by atoms with E-state index in [-0.39, 0.29) is 5.78 Å². The third-order valence-corrected chi connectivity index (χ3v) is 4.71. The number of nitrogens with zero attached hydrogens (tertiary/aromatic N) is 1. The molecule has 0 aliphatic carbocycles. The van der Waals surface area contributed by atoms with Crippen LogP contribution in [0.5, 0.6) is 0 Å². The molecule has 0 spiro atoms. The SMILES string of the molecule is CCn1c2ccccc2c2cc(C(=O)c3ccc(Cl)cc3)ccc21. The van der Waals surface area contributed by atoms with Crippen molar-refractivity contribution in [2.45, 2.75) is 13.5 Å². The number of hydrogen-bond acceptors (Lipinski definition) is 1. The number of fused-ring (bicyclic) bond motifs is 3. The summed E-state index contributed by atoms with van der Waals surface area (Å²) >= 11 is 5.91. The van der Waals surface area contributed by atoms with Gasteiger partial charge in [-0.2, -0.15) is 0 Å². The van der Waals surface area contributed by atoms with Crippen molar-refractivity contribution in [1.29, 1.82) is 0 Å². The average Bonchev–Trinajstić information content (AvgIpc) is 2.95. The van der Waals surface area contributed by atoms with Crippen LogP contribution in [0.1, 0.15) is 22.8 Å². The van der Waals surface area contributed by atoms with E-state index in [9.17, 15) is 4.79 Å². The second-order valence-electron chi connectivity index (χ2n) is 5.83. The lowest BCUT2D eigenvalue weighted by molar-refractivity contribution is 0.103. The first kappa shape index (κ1) is 15.0. The second kappa shape index (κ2) is 5.81. The van der Waals surface area contributed by atoms with Gasteiger partial charge in [-0.3, -0.25) is 4.79 Å². The van der Waals surface area contributed by atoms with Gasteiger partial charge >= 0.3 is 0 Å². The van der Waals surface area contributed by atoms with Gasteiger partial charge in [-0.05, 0) is 55.5 Å². The van der Waals surface area contributed by atoms with Gasteiger partial charge in [-0.25, -0.2) is 0 Å². The molecule has 0 saturated heterocycles. The van der Waals surface area contributed by atoms with E-state index in [1.165, 1.54) is 10.9 Å². The Balaban J connectivity index is 1.91. The molecule has 0 fully saturated rings. The fraction of sp³-hybridized carbons (Fsp3) is 0.0952. The first-order chi connectivity index (χ1) is 11.7. The van der Waals surface area contributed by atoms with Gasteiger partial charge in [0.15, 0.2) is 5.78 Å². The second-order valence-corrected chi connectivity index (χ2v) is 6.27. The highest BCUT2D eigenvalue weighted by atomic mass is 35.5. The third kappa shape index (κ3) is 2.31. The minimum absolute atomic E-state index is 0.0156. The van der Waals surface area contributed by atoms with Crippen molar-refractivity contribution in [1.82, 2.24) is 4.57 Å². The molecule has 0 aliphatic heterocycles. The number of aryl methyl sites for hydroxylation is 1. The Morgan fingerprint density at radius 2 is 1.54 bits per heavy atom. The maximum atomic E-state index is 12.8. The highest BCUT2D eigenvalue weighted by molar-refractivity contribution is 6.30. The van der Waals surface area contributed by atoms with E-state index in [0.717, 1.165) is 17.4 Å². The molecule has 4 rings (SSSR count). The van der Waals surface area contributed by atoms with Gasteiger partial charge in [0, 0.05) is 44.5 Å².